The first-order chi connectivity index (χ1) is 10.6. The number of hydrogen-bond acceptors (Lipinski definition) is 5. The standard InChI is InChI=1S/C16H19N3O3/c1-12(13-5-6-14(22-13)16(20)21)18-8-10-19(11-9-18)15-4-2-3-7-17-15/h2-7,12H,8-11H2,1H3,(H,20,21). The summed E-state index contributed by atoms with van der Waals surface area (Å²) < 4.78 is 5.40. The van der Waals surface area contributed by atoms with Crippen molar-refractivity contribution >= 4 is 11.8 Å². The molecule has 1 atom stereocenters. The zero-order valence-corrected chi connectivity index (χ0v) is 12.5. The first kappa shape index (κ1) is 14.6. The average molecular weight is 301 g/mol. The summed E-state index contributed by atoms with van der Waals surface area (Å²) in [6.45, 7) is 5.62. The summed E-state index contributed by atoms with van der Waals surface area (Å²) in [6, 6.07) is 9.26. The summed E-state index contributed by atoms with van der Waals surface area (Å²) in [5.41, 5.74) is 0. The molecule has 0 saturated carbocycles. The highest BCUT2D eigenvalue weighted by atomic mass is 16.4. The van der Waals surface area contributed by atoms with Gasteiger partial charge in [-0.15, -0.1) is 0 Å². The van der Waals surface area contributed by atoms with Crippen molar-refractivity contribution in [3.05, 3.63) is 48.0 Å². The predicted octanol–water partition coefficient (Wildman–Crippen LogP) is 2.26. The van der Waals surface area contributed by atoms with Crippen LogP contribution < -0.4 is 4.90 Å². The van der Waals surface area contributed by atoms with E-state index in [0.29, 0.717) is 5.76 Å². The number of rotatable bonds is 4. The van der Waals surface area contributed by atoms with Gasteiger partial charge in [-0.05, 0) is 31.2 Å². The van der Waals surface area contributed by atoms with Gasteiger partial charge in [0.1, 0.15) is 11.6 Å². The van der Waals surface area contributed by atoms with Gasteiger partial charge in [-0.3, -0.25) is 4.90 Å². The first-order valence-electron chi connectivity index (χ1n) is 7.38. The molecular weight excluding hydrogens is 282 g/mol. The number of hydrogen-bond donors (Lipinski definition) is 1. The van der Waals surface area contributed by atoms with Gasteiger partial charge in [0.15, 0.2) is 0 Å². The maximum absolute atomic E-state index is 10.9. The molecule has 3 rings (SSSR count). The summed E-state index contributed by atoms with van der Waals surface area (Å²) in [5, 5.41) is 8.93. The molecule has 0 bridgehead atoms. The van der Waals surface area contributed by atoms with E-state index in [4.69, 9.17) is 9.52 Å². The quantitative estimate of drug-likeness (QED) is 0.934. The molecule has 1 N–H and O–H groups in total. The molecular formula is C16H19N3O3. The van der Waals surface area contributed by atoms with E-state index >= 15 is 0 Å². The molecule has 0 spiro atoms. The molecule has 0 amide bonds. The summed E-state index contributed by atoms with van der Waals surface area (Å²) in [4.78, 5) is 19.8. The van der Waals surface area contributed by atoms with Crippen LogP contribution in [0.4, 0.5) is 5.82 Å². The number of aromatic nitrogens is 1. The molecule has 1 fully saturated rings. The molecule has 0 aromatic carbocycles. The third-order valence-electron chi connectivity index (χ3n) is 4.08. The van der Waals surface area contributed by atoms with Crippen LogP contribution in [0.1, 0.15) is 29.3 Å². The van der Waals surface area contributed by atoms with Crippen LogP contribution in [0.15, 0.2) is 40.9 Å². The van der Waals surface area contributed by atoms with Crippen LogP contribution in [0, 0.1) is 0 Å². The number of pyridine rings is 1. The van der Waals surface area contributed by atoms with Crippen molar-refractivity contribution in [1.82, 2.24) is 9.88 Å². The second kappa shape index (κ2) is 6.19. The van der Waals surface area contributed by atoms with E-state index in [1.54, 1.807) is 12.3 Å². The van der Waals surface area contributed by atoms with Crippen molar-refractivity contribution in [2.45, 2.75) is 13.0 Å². The lowest BCUT2D eigenvalue weighted by Gasteiger charge is -2.37. The van der Waals surface area contributed by atoms with E-state index in [0.717, 1.165) is 32.0 Å². The Labute approximate surface area is 129 Å². The molecule has 2 aromatic rings. The molecule has 22 heavy (non-hydrogen) atoms. The van der Waals surface area contributed by atoms with Gasteiger partial charge in [-0.25, -0.2) is 9.78 Å². The SMILES string of the molecule is CC(c1ccc(C(=O)O)o1)N1CCN(c2ccccn2)CC1. The van der Waals surface area contributed by atoms with Gasteiger partial charge >= 0.3 is 5.97 Å². The van der Waals surface area contributed by atoms with Gasteiger partial charge in [0, 0.05) is 32.4 Å². The Balaban J connectivity index is 1.62. The molecule has 6 nitrogen and oxygen atoms in total. The zero-order valence-electron chi connectivity index (χ0n) is 12.5. The van der Waals surface area contributed by atoms with Gasteiger partial charge in [-0.1, -0.05) is 6.07 Å². The Kier molecular flexibility index (Phi) is 4.11. The van der Waals surface area contributed by atoms with E-state index in [-0.39, 0.29) is 11.8 Å². The molecule has 0 aliphatic carbocycles. The fraction of sp³-hybridized carbons (Fsp3) is 0.375. The van der Waals surface area contributed by atoms with Gasteiger partial charge in [0.05, 0.1) is 6.04 Å². The molecule has 6 heteroatoms. The van der Waals surface area contributed by atoms with Crippen LogP contribution in [-0.4, -0.2) is 47.1 Å². The summed E-state index contributed by atoms with van der Waals surface area (Å²) in [7, 11) is 0. The predicted molar refractivity (Wildman–Crippen MR) is 82.1 cm³/mol. The lowest BCUT2D eigenvalue weighted by atomic mass is 10.2. The highest BCUT2D eigenvalue weighted by Gasteiger charge is 2.25. The summed E-state index contributed by atoms with van der Waals surface area (Å²) in [5.74, 6) is 0.664. The minimum Gasteiger partial charge on any atom is -0.475 e. The molecule has 1 aliphatic rings. The second-order valence-electron chi connectivity index (χ2n) is 5.39. The minimum atomic E-state index is -1.03. The largest absolute Gasteiger partial charge is 0.475 e. The minimum absolute atomic E-state index is 0.00558. The van der Waals surface area contributed by atoms with Crippen LogP contribution in [0.3, 0.4) is 0 Å². The smallest absolute Gasteiger partial charge is 0.371 e. The number of piperazine rings is 1. The van der Waals surface area contributed by atoms with Crippen molar-refractivity contribution < 1.29 is 14.3 Å². The lowest BCUT2D eigenvalue weighted by molar-refractivity contribution is 0.0655. The van der Waals surface area contributed by atoms with Crippen molar-refractivity contribution in [2.75, 3.05) is 31.1 Å². The normalized spacial score (nSPS) is 17.4. The van der Waals surface area contributed by atoms with E-state index in [9.17, 15) is 4.79 Å². The van der Waals surface area contributed by atoms with Gasteiger partial charge < -0.3 is 14.4 Å². The molecule has 0 radical (unpaired) electrons. The number of nitrogens with zero attached hydrogens (tertiary/aromatic N) is 3. The number of carboxylic acids is 1. The van der Waals surface area contributed by atoms with Crippen LogP contribution in [0.25, 0.3) is 0 Å². The fourth-order valence-corrected chi connectivity index (χ4v) is 2.75. The molecule has 1 aliphatic heterocycles. The number of aromatic carboxylic acids is 1. The molecule has 1 saturated heterocycles. The Morgan fingerprint density at radius 3 is 2.59 bits per heavy atom. The number of carboxylic acid groups (broad SMARTS) is 1. The fourth-order valence-electron chi connectivity index (χ4n) is 2.75. The van der Waals surface area contributed by atoms with Gasteiger partial charge in [0.2, 0.25) is 5.76 Å². The van der Waals surface area contributed by atoms with E-state index in [1.807, 2.05) is 25.1 Å². The van der Waals surface area contributed by atoms with Crippen LogP contribution in [0.5, 0.6) is 0 Å². The molecule has 3 heterocycles. The topological polar surface area (TPSA) is 69.8 Å². The zero-order chi connectivity index (χ0) is 15.5. The van der Waals surface area contributed by atoms with E-state index < -0.39 is 5.97 Å². The van der Waals surface area contributed by atoms with Crippen molar-refractivity contribution in [3.8, 4) is 0 Å². The van der Waals surface area contributed by atoms with E-state index in [1.165, 1.54) is 6.07 Å². The van der Waals surface area contributed by atoms with Gasteiger partial charge in [-0.2, -0.15) is 0 Å². The van der Waals surface area contributed by atoms with Crippen molar-refractivity contribution in [3.63, 3.8) is 0 Å². The van der Waals surface area contributed by atoms with Crippen LogP contribution in [0.2, 0.25) is 0 Å². The highest BCUT2D eigenvalue weighted by Crippen LogP contribution is 2.24. The number of carbonyl (C=O) groups is 1. The highest BCUT2D eigenvalue weighted by molar-refractivity contribution is 5.84. The molecule has 116 valence electrons. The van der Waals surface area contributed by atoms with E-state index in [2.05, 4.69) is 14.8 Å². The third-order valence-corrected chi connectivity index (χ3v) is 4.08. The molecule has 2 aromatic heterocycles. The average Bonchev–Trinajstić information content (AvgIpc) is 3.05. The Hall–Kier alpha value is -2.34. The summed E-state index contributed by atoms with van der Waals surface area (Å²) >= 11 is 0. The third kappa shape index (κ3) is 2.96. The monoisotopic (exact) mass is 301 g/mol. The Morgan fingerprint density at radius 1 is 1.23 bits per heavy atom. The summed E-state index contributed by atoms with van der Waals surface area (Å²) in [6.07, 6.45) is 1.81. The maximum atomic E-state index is 10.9. The lowest BCUT2D eigenvalue weighted by Crippen LogP contribution is -2.47. The van der Waals surface area contributed by atoms with Crippen LogP contribution >= 0.6 is 0 Å². The number of furan rings is 1. The number of anilines is 1. The van der Waals surface area contributed by atoms with Crippen molar-refractivity contribution in [2.24, 2.45) is 0 Å². The second-order valence-corrected chi connectivity index (χ2v) is 5.39. The van der Waals surface area contributed by atoms with Crippen molar-refractivity contribution in [1.29, 1.82) is 0 Å². The first-order valence-corrected chi connectivity index (χ1v) is 7.38. The maximum Gasteiger partial charge on any atom is 0.371 e. The van der Waals surface area contributed by atoms with Crippen LogP contribution in [-0.2, 0) is 0 Å². The molecule has 1 unspecified atom stereocenters. The van der Waals surface area contributed by atoms with Gasteiger partial charge in [0.25, 0.3) is 0 Å². The Morgan fingerprint density at radius 2 is 2.00 bits per heavy atom. The Bertz CT molecular complexity index is 633.